The normalized spacial score (nSPS) is 25.7. The Labute approximate surface area is 148 Å². The fraction of sp³-hybridized carbons (Fsp3) is 0.824. The van der Waals surface area contributed by atoms with Gasteiger partial charge in [-0.1, -0.05) is 26.7 Å². The second-order valence-electron chi connectivity index (χ2n) is 7.15. The number of amides is 1. The summed E-state index contributed by atoms with van der Waals surface area (Å²) >= 11 is 1.49. The van der Waals surface area contributed by atoms with Gasteiger partial charge in [-0.15, -0.1) is 0 Å². The molecule has 0 spiro atoms. The smallest absolute Gasteiger partial charge is 0.234 e. The quantitative estimate of drug-likeness (QED) is 0.878. The fourth-order valence-corrected chi connectivity index (χ4v) is 4.46. The highest BCUT2D eigenvalue weighted by Crippen LogP contribution is 2.23. The number of nitrogens with zero attached hydrogens (tertiary/aromatic N) is 4. The van der Waals surface area contributed by atoms with Gasteiger partial charge in [0.05, 0.1) is 6.54 Å². The van der Waals surface area contributed by atoms with E-state index in [9.17, 15) is 4.79 Å². The van der Waals surface area contributed by atoms with E-state index < -0.39 is 0 Å². The largest absolute Gasteiger partial charge is 0.352 e. The van der Waals surface area contributed by atoms with E-state index in [0.29, 0.717) is 12.6 Å². The highest BCUT2D eigenvalue weighted by atomic mass is 32.1. The Morgan fingerprint density at radius 3 is 2.75 bits per heavy atom. The van der Waals surface area contributed by atoms with Crippen molar-refractivity contribution in [1.29, 1.82) is 0 Å². The van der Waals surface area contributed by atoms with Gasteiger partial charge in [-0.2, -0.15) is 4.37 Å². The van der Waals surface area contributed by atoms with Crippen molar-refractivity contribution >= 4 is 22.6 Å². The first-order chi connectivity index (χ1) is 11.6. The minimum Gasteiger partial charge on any atom is -0.352 e. The van der Waals surface area contributed by atoms with Gasteiger partial charge in [0.15, 0.2) is 0 Å². The fourth-order valence-electron chi connectivity index (χ4n) is 3.66. The van der Waals surface area contributed by atoms with Crippen LogP contribution in [-0.4, -0.2) is 58.9 Å². The number of nitrogens with one attached hydrogen (secondary N) is 1. The van der Waals surface area contributed by atoms with Crippen molar-refractivity contribution in [1.82, 2.24) is 19.6 Å². The summed E-state index contributed by atoms with van der Waals surface area (Å²) in [4.78, 5) is 21.4. The van der Waals surface area contributed by atoms with Gasteiger partial charge in [0.25, 0.3) is 0 Å². The minimum atomic E-state index is 0.187. The topological polar surface area (TPSA) is 61.4 Å². The maximum absolute atomic E-state index is 12.3. The van der Waals surface area contributed by atoms with E-state index in [1.165, 1.54) is 24.4 Å². The van der Waals surface area contributed by atoms with E-state index in [1.807, 2.05) is 0 Å². The zero-order valence-corrected chi connectivity index (χ0v) is 15.6. The van der Waals surface area contributed by atoms with Crippen LogP contribution in [0.1, 0.15) is 45.4 Å². The Balaban J connectivity index is 1.40. The van der Waals surface area contributed by atoms with Crippen LogP contribution >= 0.6 is 11.5 Å². The van der Waals surface area contributed by atoms with Crippen molar-refractivity contribution in [3.8, 4) is 0 Å². The number of rotatable bonds is 5. The molecule has 7 heteroatoms. The summed E-state index contributed by atoms with van der Waals surface area (Å²) in [5.74, 6) is 1.86. The van der Waals surface area contributed by atoms with Crippen molar-refractivity contribution < 1.29 is 4.79 Å². The number of carbonyl (C=O) groups excluding carboxylic acids is 1. The van der Waals surface area contributed by atoms with Gasteiger partial charge in [0, 0.05) is 50.2 Å². The second kappa shape index (κ2) is 8.25. The lowest BCUT2D eigenvalue weighted by Gasteiger charge is -2.34. The summed E-state index contributed by atoms with van der Waals surface area (Å²) in [6.45, 7) is 8.56. The van der Waals surface area contributed by atoms with E-state index in [2.05, 4.69) is 38.3 Å². The van der Waals surface area contributed by atoms with Crippen LogP contribution in [0, 0.1) is 5.92 Å². The van der Waals surface area contributed by atoms with Crippen LogP contribution in [0.25, 0.3) is 0 Å². The van der Waals surface area contributed by atoms with Crippen molar-refractivity contribution in [3.05, 3.63) is 5.82 Å². The molecular weight excluding hydrogens is 322 g/mol. The van der Waals surface area contributed by atoms with Gasteiger partial charge in [-0.25, -0.2) is 4.98 Å². The summed E-state index contributed by atoms with van der Waals surface area (Å²) in [6.07, 6.45) is 5.71. The zero-order chi connectivity index (χ0) is 16.9. The average Bonchev–Trinajstić information content (AvgIpc) is 3.04. The van der Waals surface area contributed by atoms with Crippen molar-refractivity contribution in [2.45, 2.75) is 52.0 Å². The molecule has 24 heavy (non-hydrogen) atoms. The zero-order valence-electron chi connectivity index (χ0n) is 14.8. The Hall–Kier alpha value is -1.21. The van der Waals surface area contributed by atoms with Crippen molar-refractivity contribution in [2.24, 2.45) is 5.92 Å². The lowest BCUT2D eigenvalue weighted by molar-refractivity contribution is -0.123. The second-order valence-corrected chi connectivity index (χ2v) is 7.88. The molecule has 1 aromatic rings. The molecule has 2 fully saturated rings. The first-order valence-electron chi connectivity index (χ1n) is 9.23. The molecule has 2 aliphatic rings. The third-order valence-electron chi connectivity index (χ3n) is 5.09. The first kappa shape index (κ1) is 17.6. The van der Waals surface area contributed by atoms with Gasteiger partial charge in [0.1, 0.15) is 5.82 Å². The highest BCUT2D eigenvalue weighted by molar-refractivity contribution is 7.09. The molecule has 0 radical (unpaired) electrons. The van der Waals surface area contributed by atoms with Crippen LogP contribution in [-0.2, 0) is 11.2 Å². The van der Waals surface area contributed by atoms with E-state index in [0.717, 1.165) is 62.3 Å². The van der Waals surface area contributed by atoms with E-state index in [-0.39, 0.29) is 5.91 Å². The molecule has 1 N–H and O–H groups in total. The Kier molecular flexibility index (Phi) is 6.05. The summed E-state index contributed by atoms with van der Waals surface area (Å²) < 4.78 is 4.36. The number of aryl methyl sites for hydroxylation is 1. The monoisotopic (exact) mass is 351 g/mol. The molecule has 0 aromatic carbocycles. The number of anilines is 1. The predicted molar refractivity (Wildman–Crippen MR) is 97.5 cm³/mol. The van der Waals surface area contributed by atoms with Gasteiger partial charge in [-0.05, 0) is 18.8 Å². The molecule has 6 nitrogen and oxygen atoms in total. The molecule has 0 bridgehead atoms. The number of carbonyl (C=O) groups is 1. The maximum Gasteiger partial charge on any atom is 0.234 e. The molecule has 3 rings (SSSR count). The van der Waals surface area contributed by atoms with Gasteiger partial charge < -0.3 is 10.2 Å². The number of aromatic nitrogens is 2. The average molecular weight is 352 g/mol. The third-order valence-corrected chi connectivity index (χ3v) is 5.90. The van der Waals surface area contributed by atoms with Crippen molar-refractivity contribution in [3.63, 3.8) is 0 Å². The minimum absolute atomic E-state index is 0.187. The summed E-state index contributed by atoms with van der Waals surface area (Å²) in [5, 5.41) is 4.26. The van der Waals surface area contributed by atoms with Crippen LogP contribution in [0.5, 0.6) is 0 Å². The van der Waals surface area contributed by atoms with Crippen LogP contribution in [0.15, 0.2) is 0 Å². The number of piperazine rings is 1. The van der Waals surface area contributed by atoms with E-state index >= 15 is 0 Å². The molecule has 2 unspecified atom stereocenters. The van der Waals surface area contributed by atoms with E-state index in [4.69, 9.17) is 0 Å². The molecule has 1 aliphatic carbocycles. The molecule has 1 amide bonds. The molecule has 1 saturated heterocycles. The van der Waals surface area contributed by atoms with Gasteiger partial charge in [0.2, 0.25) is 11.0 Å². The van der Waals surface area contributed by atoms with Crippen molar-refractivity contribution in [2.75, 3.05) is 37.6 Å². The lowest BCUT2D eigenvalue weighted by atomic mass is 9.87. The first-order valence-corrected chi connectivity index (χ1v) is 10.0. The van der Waals surface area contributed by atoms with Crippen LogP contribution in [0.2, 0.25) is 0 Å². The highest BCUT2D eigenvalue weighted by Gasteiger charge is 2.24. The maximum atomic E-state index is 12.3. The molecular formula is C17H29N5OS. The number of hydrogen-bond acceptors (Lipinski definition) is 6. The summed E-state index contributed by atoms with van der Waals surface area (Å²) in [5.41, 5.74) is 0. The van der Waals surface area contributed by atoms with Crippen LogP contribution in [0.4, 0.5) is 5.13 Å². The SMILES string of the molecule is CCc1nsc(N2CCN(CC(=O)NC3CCCC(C)C3)CC2)n1. The van der Waals surface area contributed by atoms with Crippen LogP contribution in [0.3, 0.4) is 0 Å². The Bertz CT molecular complexity index is 541. The lowest BCUT2D eigenvalue weighted by Crippen LogP contribution is -2.51. The van der Waals surface area contributed by atoms with Crippen LogP contribution < -0.4 is 10.2 Å². The van der Waals surface area contributed by atoms with Gasteiger partial charge in [-0.3, -0.25) is 9.69 Å². The Morgan fingerprint density at radius 1 is 1.29 bits per heavy atom. The standard InChI is InChI=1S/C17H29N5OS/c1-3-15-19-17(24-20-15)22-9-7-21(8-10-22)12-16(23)18-14-6-4-5-13(2)11-14/h13-14H,3-12H2,1-2H3,(H,18,23). The molecule has 1 aliphatic heterocycles. The van der Waals surface area contributed by atoms with Gasteiger partial charge >= 0.3 is 0 Å². The molecule has 1 aromatic heterocycles. The molecule has 134 valence electrons. The Morgan fingerprint density at radius 2 is 2.08 bits per heavy atom. The molecule has 2 atom stereocenters. The summed E-state index contributed by atoms with van der Waals surface area (Å²) in [6, 6.07) is 0.386. The molecule has 1 saturated carbocycles. The number of hydrogen-bond donors (Lipinski definition) is 1. The summed E-state index contributed by atoms with van der Waals surface area (Å²) in [7, 11) is 0. The predicted octanol–water partition coefficient (Wildman–Crippen LogP) is 1.92. The van der Waals surface area contributed by atoms with E-state index in [1.54, 1.807) is 0 Å². The third kappa shape index (κ3) is 4.66. The molecule has 2 heterocycles.